The molecule has 2 atom stereocenters. The Morgan fingerprint density at radius 3 is 2.63 bits per heavy atom. The van der Waals surface area contributed by atoms with Crippen LogP contribution < -0.4 is 4.74 Å². The third-order valence-corrected chi connectivity index (χ3v) is 3.99. The molecule has 1 fully saturated rings. The van der Waals surface area contributed by atoms with Crippen LogP contribution in [-0.2, 0) is 11.2 Å². The van der Waals surface area contributed by atoms with E-state index in [0.717, 1.165) is 17.2 Å². The Kier molecular flexibility index (Phi) is 5.00. The lowest BCUT2D eigenvalue weighted by Crippen LogP contribution is -2.25. The van der Waals surface area contributed by atoms with E-state index in [1.807, 2.05) is 24.3 Å². The predicted molar refractivity (Wildman–Crippen MR) is 77.5 cm³/mol. The monoisotopic (exact) mass is 260 g/mol. The zero-order valence-electron chi connectivity index (χ0n) is 12.0. The average molecular weight is 260 g/mol. The first-order valence-corrected chi connectivity index (χ1v) is 7.42. The van der Waals surface area contributed by atoms with Crippen molar-refractivity contribution in [1.29, 1.82) is 0 Å². The van der Waals surface area contributed by atoms with E-state index in [9.17, 15) is 4.79 Å². The van der Waals surface area contributed by atoms with Crippen molar-refractivity contribution in [3.63, 3.8) is 0 Å². The summed E-state index contributed by atoms with van der Waals surface area (Å²) in [6, 6.07) is 7.98. The smallest absolute Gasteiger partial charge is 0.134 e. The van der Waals surface area contributed by atoms with Crippen LogP contribution in [0.2, 0.25) is 0 Å². The molecule has 0 heterocycles. The van der Waals surface area contributed by atoms with Gasteiger partial charge in [0, 0.05) is 6.42 Å². The highest BCUT2D eigenvalue weighted by molar-refractivity contribution is 5.78. The molecule has 2 nitrogen and oxygen atoms in total. The standard InChI is InChI=1S/C17H24O2/c1-3-14-5-4-6-17(12-14)19-16-9-7-15(8-10-16)11-13(2)18/h7-10,14,17H,3-6,11-12H2,1-2H3. The average Bonchev–Trinajstić information content (AvgIpc) is 2.41. The second-order valence-corrected chi connectivity index (χ2v) is 5.70. The van der Waals surface area contributed by atoms with E-state index in [-0.39, 0.29) is 5.78 Å². The van der Waals surface area contributed by atoms with Crippen molar-refractivity contribution >= 4 is 5.78 Å². The molecular formula is C17H24O2. The van der Waals surface area contributed by atoms with Gasteiger partial charge in [0.05, 0.1) is 6.10 Å². The Morgan fingerprint density at radius 1 is 1.26 bits per heavy atom. The van der Waals surface area contributed by atoms with Crippen LogP contribution in [-0.4, -0.2) is 11.9 Å². The fourth-order valence-corrected chi connectivity index (χ4v) is 2.89. The molecule has 0 spiro atoms. The number of rotatable bonds is 5. The first-order chi connectivity index (χ1) is 9.17. The molecule has 0 saturated heterocycles. The molecule has 0 bridgehead atoms. The molecule has 2 rings (SSSR count). The van der Waals surface area contributed by atoms with Crippen LogP contribution in [0.15, 0.2) is 24.3 Å². The maximum Gasteiger partial charge on any atom is 0.134 e. The maximum atomic E-state index is 11.1. The van der Waals surface area contributed by atoms with Gasteiger partial charge in [-0.05, 0) is 49.8 Å². The van der Waals surface area contributed by atoms with Crippen molar-refractivity contribution in [1.82, 2.24) is 0 Å². The van der Waals surface area contributed by atoms with Gasteiger partial charge in [0.15, 0.2) is 0 Å². The van der Waals surface area contributed by atoms with E-state index in [4.69, 9.17) is 4.74 Å². The lowest BCUT2D eigenvalue weighted by Gasteiger charge is -2.29. The quantitative estimate of drug-likeness (QED) is 0.794. The van der Waals surface area contributed by atoms with E-state index >= 15 is 0 Å². The molecular weight excluding hydrogens is 236 g/mol. The van der Waals surface area contributed by atoms with Crippen molar-refractivity contribution in [2.75, 3.05) is 0 Å². The topological polar surface area (TPSA) is 26.3 Å². The van der Waals surface area contributed by atoms with Crippen LogP contribution >= 0.6 is 0 Å². The minimum absolute atomic E-state index is 0.201. The SMILES string of the molecule is CCC1CCCC(Oc2ccc(CC(C)=O)cc2)C1. The molecule has 1 aliphatic rings. The molecule has 0 aromatic heterocycles. The lowest BCUT2D eigenvalue weighted by molar-refractivity contribution is -0.116. The molecule has 104 valence electrons. The molecule has 1 aromatic carbocycles. The molecule has 0 radical (unpaired) electrons. The molecule has 19 heavy (non-hydrogen) atoms. The Hall–Kier alpha value is -1.31. The summed E-state index contributed by atoms with van der Waals surface area (Å²) in [5.74, 6) is 1.97. The Labute approximate surface area is 116 Å². The van der Waals surface area contributed by atoms with Crippen LogP contribution in [0.1, 0.15) is 51.5 Å². The Balaban J connectivity index is 1.90. The van der Waals surface area contributed by atoms with Gasteiger partial charge in [-0.15, -0.1) is 0 Å². The molecule has 2 unspecified atom stereocenters. The molecule has 1 aromatic rings. The first kappa shape index (κ1) is 14.1. The minimum atomic E-state index is 0.201. The highest BCUT2D eigenvalue weighted by Gasteiger charge is 2.21. The van der Waals surface area contributed by atoms with Gasteiger partial charge in [0.25, 0.3) is 0 Å². The molecule has 0 N–H and O–H groups in total. The third-order valence-electron chi connectivity index (χ3n) is 3.99. The summed E-state index contributed by atoms with van der Waals surface area (Å²) in [6.45, 7) is 3.89. The van der Waals surface area contributed by atoms with Gasteiger partial charge in [-0.1, -0.05) is 31.9 Å². The molecule has 1 saturated carbocycles. The Bertz CT molecular complexity index is 408. The van der Waals surface area contributed by atoms with Crippen LogP contribution in [0, 0.1) is 5.92 Å². The second kappa shape index (κ2) is 6.74. The number of ether oxygens (including phenoxy) is 1. The van der Waals surface area contributed by atoms with Crippen molar-refractivity contribution < 1.29 is 9.53 Å². The summed E-state index contributed by atoms with van der Waals surface area (Å²) in [6.07, 6.45) is 7.15. The van der Waals surface area contributed by atoms with Crippen molar-refractivity contribution in [3.05, 3.63) is 29.8 Å². The third kappa shape index (κ3) is 4.38. The molecule has 2 heteroatoms. The van der Waals surface area contributed by atoms with E-state index in [0.29, 0.717) is 12.5 Å². The summed E-state index contributed by atoms with van der Waals surface area (Å²) in [5.41, 5.74) is 1.06. The predicted octanol–water partition coefficient (Wildman–Crippen LogP) is 4.17. The second-order valence-electron chi connectivity index (χ2n) is 5.70. The van der Waals surface area contributed by atoms with Crippen LogP contribution in [0.3, 0.4) is 0 Å². The van der Waals surface area contributed by atoms with Gasteiger partial charge in [-0.3, -0.25) is 4.79 Å². The summed E-state index contributed by atoms with van der Waals surface area (Å²) in [4.78, 5) is 11.1. The van der Waals surface area contributed by atoms with E-state index in [1.165, 1.54) is 32.1 Å². The zero-order valence-corrected chi connectivity index (χ0v) is 12.0. The van der Waals surface area contributed by atoms with Gasteiger partial charge < -0.3 is 4.74 Å². The number of carbonyl (C=O) groups excluding carboxylic acids is 1. The van der Waals surface area contributed by atoms with Gasteiger partial charge in [-0.25, -0.2) is 0 Å². The minimum Gasteiger partial charge on any atom is -0.490 e. The number of carbonyl (C=O) groups is 1. The van der Waals surface area contributed by atoms with Crippen molar-refractivity contribution in [2.45, 2.75) is 58.5 Å². The largest absolute Gasteiger partial charge is 0.490 e. The maximum absolute atomic E-state index is 11.1. The summed E-state index contributed by atoms with van der Waals surface area (Å²) in [7, 11) is 0. The highest BCUT2D eigenvalue weighted by atomic mass is 16.5. The molecule has 0 aliphatic heterocycles. The normalized spacial score (nSPS) is 23.1. The lowest BCUT2D eigenvalue weighted by atomic mass is 9.85. The van der Waals surface area contributed by atoms with Gasteiger partial charge in [-0.2, -0.15) is 0 Å². The molecule has 0 amide bonds. The zero-order chi connectivity index (χ0) is 13.7. The van der Waals surface area contributed by atoms with Gasteiger partial charge in [0.1, 0.15) is 11.5 Å². The van der Waals surface area contributed by atoms with E-state index in [1.54, 1.807) is 6.92 Å². The number of ketones is 1. The van der Waals surface area contributed by atoms with Crippen LogP contribution in [0.4, 0.5) is 0 Å². The van der Waals surface area contributed by atoms with Crippen LogP contribution in [0.5, 0.6) is 5.75 Å². The Morgan fingerprint density at radius 2 is 2.00 bits per heavy atom. The number of Topliss-reactive ketones (excluding diaryl/α,β-unsaturated/α-hetero) is 1. The fraction of sp³-hybridized carbons (Fsp3) is 0.588. The highest BCUT2D eigenvalue weighted by Crippen LogP contribution is 2.29. The summed E-state index contributed by atoms with van der Waals surface area (Å²) in [5, 5.41) is 0. The van der Waals surface area contributed by atoms with Gasteiger partial charge >= 0.3 is 0 Å². The summed E-state index contributed by atoms with van der Waals surface area (Å²) < 4.78 is 6.06. The summed E-state index contributed by atoms with van der Waals surface area (Å²) >= 11 is 0. The van der Waals surface area contributed by atoms with Crippen molar-refractivity contribution in [2.24, 2.45) is 5.92 Å². The number of hydrogen-bond donors (Lipinski definition) is 0. The fourth-order valence-electron chi connectivity index (χ4n) is 2.89. The van der Waals surface area contributed by atoms with Crippen molar-refractivity contribution in [3.8, 4) is 5.75 Å². The number of hydrogen-bond acceptors (Lipinski definition) is 2. The van der Waals surface area contributed by atoms with E-state index in [2.05, 4.69) is 6.92 Å². The molecule has 1 aliphatic carbocycles. The van der Waals surface area contributed by atoms with Gasteiger partial charge in [0.2, 0.25) is 0 Å². The van der Waals surface area contributed by atoms with Crippen LogP contribution in [0.25, 0.3) is 0 Å². The van der Waals surface area contributed by atoms with E-state index < -0.39 is 0 Å². The first-order valence-electron chi connectivity index (χ1n) is 7.42. The number of benzene rings is 1.